The zero-order chi connectivity index (χ0) is 33.5. The summed E-state index contributed by atoms with van der Waals surface area (Å²) in [7, 11) is 1.98. The topological polar surface area (TPSA) is 33.5 Å². The van der Waals surface area contributed by atoms with Crippen LogP contribution in [0.4, 0.5) is 5.69 Å². The molecular weight excluding hydrogens is 979 g/mol. The molecule has 7 heteroatoms. The Bertz CT molecular complexity index is 2060. The number of nitrogens with zero attached hydrogens (tertiary/aromatic N) is 4. The van der Waals surface area contributed by atoms with Gasteiger partial charge in [0.2, 0.25) is 0 Å². The van der Waals surface area contributed by atoms with Gasteiger partial charge in [-0.2, -0.15) is 48.8 Å². The molecule has 0 amide bonds. The Morgan fingerprint density at radius 1 is 0.840 bits per heavy atom. The van der Waals surface area contributed by atoms with Crippen LogP contribution in [0.2, 0.25) is 0 Å². The monoisotopic (exact) mass is 1010 g/mol. The van der Waals surface area contributed by atoms with Gasteiger partial charge in [0.1, 0.15) is 0 Å². The van der Waals surface area contributed by atoms with Crippen LogP contribution in [0.15, 0.2) is 122 Å². The Morgan fingerprint density at radius 2 is 1.62 bits per heavy atom. The van der Waals surface area contributed by atoms with Gasteiger partial charge in [0.05, 0.1) is 0 Å². The Balaban J connectivity index is 0.000000559. The molecule has 0 N–H and O–H groups in total. The SMILES string of the molecule is CN1C=CN(c2[c-]c(Oc3[c-]c(-c4[c-]c(-c5[c-]cccc5)c(-c5cccc(C(C)(C)C)c5)cn4)[c-]cc3)ccc2)[CH-]1.[C-]#Cn1cccc1.[Pt+4].[Pt]. The second kappa shape index (κ2) is 17.4. The summed E-state index contributed by atoms with van der Waals surface area (Å²) in [5.41, 5.74) is 7.46. The minimum atomic E-state index is 0. The average molecular weight is 1010 g/mol. The zero-order valence-corrected chi connectivity index (χ0v) is 32.5. The standard InChI is InChI=1S/C37H29N3O.C6H4N.2Pt/c1-37(2,3)30-15-8-13-28(21-30)35-25-38-36(24-34(35)27-11-6-5-7-12-27)29-14-9-17-32(22-29)41-33-18-10-16-31(23-33)40-20-19-39(4)26-40;1-2-7-5-3-4-6-7;;/h5-11,13,15-21,25-26H,1-4H3;3-6H;;/q-6;-1;;+4. The zero-order valence-electron chi connectivity index (χ0n) is 28.0. The molecule has 4 aromatic carbocycles. The van der Waals surface area contributed by atoms with Gasteiger partial charge < -0.3 is 42.1 Å². The first-order chi connectivity index (χ1) is 23.3. The quantitative estimate of drug-likeness (QED) is 0.123. The molecule has 1 aliphatic rings. The van der Waals surface area contributed by atoms with E-state index in [-0.39, 0.29) is 47.5 Å². The van der Waals surface area contributed by atoms with E-state index in [1.165, 1.54) is 5.56 Å². The van der Waals surface area contributed by atoms with E-state index in [1.807, 2.05) is 109 Å². The third-order valence-corrected chi connectivity index (χ3v) is 7.55. The maximum atomic E-state index is 6.57. The summed E-state index contributed by atoms with van der Waals surface area (Å²) in [5, 5.41) is 0. The van der Waals surface area contributed by atoms with Crippen LogP contribution in [0, 0.1) is 49.5 Å². The molecule has 0 fully saturated rings. The van der Waals surface area contributed by atoms with Crippen molar-refractivity contribution in [2.75, 3.05) is 11.9 Å². The molecule has 5 nitrogen and oxygen atoms in total. The second-order valence-electron chi connectivity index (χ2n) is 12.2. The molecule has 0 bridgehead atoms. The van der Waals surface area contributed by atoms with Crippen LogP contribution >= 0.6 is 0 Å². The number of benzene rings is 4. The van der Waals surface area contributed by atoms with Crippen molar-refractivity contribution < 1.29 is 46.9 Å². The van der Waals surface area contributed by atoms with Crippen LogP contribution in [-0.4, -0.2) is 21.5 Å². The largest absolute Gasteiger partial charge is 4.00 e. The summed E-state index contributed by atoms with van der Waals surface area (Å²) < 4.78 is 7.70. The summed E-state index contributed by atoms with van der Waals surface area (Å²) in [5.74, 6) is 1.15. The molecule has 254 valence electrons. The number of anilines is 1. The number of pyridine rings is 1. The van der Waals surface area contributed by atoms with E-state index >= 15 is 0 Å². The summed E-state index contributed by atoms with van der Waals surface area (Å²) in [6, 6.07) is 48.8. The van der Waals surface area contributed by atoms with Crippen molar-refractivity contribution in [2.45, 2.75) is 26.2 Å². The van der Waals surface area contributed by atoms with Crippen molar-refractivity contribution in [2.24, 2.45) is 0 Å². The third-order valence-electron chi connectivity index (χ3n) is 7.55. The first-order valence-corrected chi connectivity index (χ1v) is 15.5. The van der Waals surface area contributed by atoms with Gasteiger partial charge in [0.25, 0.3) is 0 Å². The second-order valence-corrected chi connectivity index (χ2v) is 12.2. The normalized spacial score (nSPS) is 11.8. The molecule has 0 spiro atoms. The van der Waals surface area contributed by atoms with Crippen LogP contribution in [0.25, 0.3) is 33.5 Å². The smallest absolute Gasteiger partial charge is 0.669 e. The Labute approximate surface area is 325 Å². The van der Waals surface area contributed by atoms with Gasteiger partial charge in [-0.1, -0.05) is 56.3 Å². The predicted octanol–water partition coefficient (Wildman–Crippen LogP) is 9.39. The minimum Gasteiger partial charge on any atom is -0.669 e. The van der Waals surface area contributed by atoms with Crippen molar-refractivity contribution in [3.05, 3.63) is 171 Å². The molecule has 1 aliphatic heterocycles. The molecule has 0 atom stereocenters. The number of hydrogen-bond donors (Lipinski definition) is 0. The molecule has 6 aromatic rings. The van der Waals surface area contributed by atoms with Crippen molar-refractivity contribution in [3.8, 4) is 51.1 Å². The van der Waals surface area contributed by atoms with Gasteiger partial charge in [-0.3, -0.25) is 12.1 Å². The van der Waals surface area contributed by atoms with Gasteiger partial charge in [-0.25, -0.2) is 23.2 Å². The summed E-state index contributed by atoms with van der Waals surface area (Å²) in [6.07, 6.45) is 16.0. The first kappa shape index (κ1) is 38.2. The Hall–Kier alpha value is -4.61. The molecule has 2 aromatic heterocycles. The Morgan fingerprint density at radius 3 is 2.30 bits per heavy atom. The maximum absolute atomic E-state index is 6.57. The van der Waals surface area contributed by atoms with E-state index in [2.05, 4.69) is 81.4 Å². The van der Waals surface area contributed by atoms with Crippen molar-refractivity contribution in [3.63, 3.8) is 0 Å². The van der Waals surface area contributed by atoms with Gasteiger partial charge in [0, 0.05) is 39.2 Å². The minimum absolute atomic E-state index is 0. The predicted molar refractivity (Wildman–Crippen MR) is 191 cm³/mol. The third kappa shape index (κ3) is 9.54. The number of ether oxygens (including phenoxy) is 1. The van der Waals surface area contributed by atoms with Crippen molar-refractivity contribution in [1.82, 2.24) is 14.5 Å². The molecule has 0 aliphatic carbocycles. The van der Waals surface area contributed by atoms with Crippen LogP contribution in [0.1, 0.15) is 26.3 Å². The molecule has 7 rings (SSSR count). The van der Waals surface area contributed by atoms with Crippen LogP contribution in [0.5, 0.6) is 11.5 Å². The van der Waals surface area contributed by atoms with Crippen LogP contribution in [-0.2, 0) is 47.5 Å². The number of aromatic nitrogens is 2. The molecule has 50 heavy (non-hydrogen) atoms. The van der Waals surface area contributed by atoms with E-state index in [1.54, 1.807) is 17.0 Å². The summed E-state index contributed by atoms with van der Waals surface area (Å²) in [6.45, 7) is 8.64. The molecular formula is C43H33N4OPt2-3. The summed E-state index contributed by atoms with van der Waals surface area (Å²) >= 11 is 0. The molecule has 0 radical (unpaired) electrons. The first-order valence-electron chi connectivity index (χ1n) is 15.5. The molecule has 0 saturated carbocycles. The van der Waals surface area contributed by atoms with Gasteiger partial charge in [-0.05, 0) is 48.8 Å². The van der Waals surface area contributed by atoms with Gasteiger partial charge in [0.15, 0.2) is 0 Å². The van der Waals surface area contributed by atoms with Crippen LogP contribution in [0.3, 0.4) is 0 Å². The average Bonchev–Trinajstić information content (AvgIpc) is 3.81. The number of hydrogen-bond acceptors (Lipinski definition) is 4. The van der Waals surface area contributed by atoms with Crippen molar-refractivity contribution in [1.29, 1.82) is 0 Å². The molecule has 3 heterocycles. The van der Waals surface area contributed by atoms with E-state index < -0.39 is 0 Å². The van der Waals surface area contributed by atoms with E-state index in [9.17, 15) is 0 Å². The van der Waals surface area contributed by atoms with E-state index in [0.29, 0.717) is 22.8 Å². The van der Waals surface area contributed by atoms with Crippen LogP contribution < -0.4 is 9.64 Å². The van der Waals surface area contributed by atoms with Gasteiger partial charge >= 0.3 is 21.1 Å². The van der Waals surface area contributed by atoms with Gasteiger partial charge in [-0.15, -0.1) is 35.5 Å². The molecule has 0 unspecified atom stereocenters. The fraction of sp³-hybridized carbons (Fsp3) is 0.116. The summed E-state index contributed by atoms with van der Waals surface area (Å²) in [4.78, 5) is 8.77. The fourth-order valence-electron chi connectivity index (χ4n) is 5.03. The van der Waals surface area contributed by atoms with Crippen molar-refractivity contribution >= 4 is 5.69 Å². The molecule has 0 saturated heterocycles. The maximum Gasteiger partial charge on any atom is 4.00 e. The fourth-order valence-corrected chi connectivity index (χ4v) is 5.03. The van der Waals surface area contributed by atoms with E-state index in [0.717, 1.165) is 27.9 Å². The number of rotatable bonds is 6. The Kier molecular flexibility index (Phi) is 13.3. The van der Waals surface area contributed by atoms with E-state index in [4.69, 9.17) is 16.1 Å².